The van der Waals surface area contributed by atoms with Gasteiger partial charge in [0.1, 0.15) is 6.54 Å². The molecule has 1 aliphatic rings. The lowest BCUT2D eigenvalue weighted by Crippen LogP contribution is -2.32. The third-order valence-corrected chi connectivity index (χ3v) is 5.41. The summed E-state index contributed by atoms with van der Waals surface area (Å²) in [4.78, 5) is 24.2. The molecule has 1 heterocycles. The van der Waals surface area contributed by atoms with Crippen LogP contribution in [0.4, 0.5) is 0 Å². The molecule has 2 amide bonds. The van der Waals surface area contributed by atoms with Crippen LogP contribution in [-0.4, -0.2) is 22.9 Å². The minimum absolute atomic E-state index is 0.0603. The number of nitrogens with two attached hydrogens (primary N) is 1. The number of hydrogen-bond acceptors (Lipinski definition) is 2. The van der Waals surface area contributed by atoms with Gasteiger partial charge in [0.2, 0.25) is 5.91 Å². The van der Waals surface area contributed by atoms with Crippen LogP contribution in [0.2, 0.25) is 0 Å². The van der Waals surface area contributed by atoms with Crippen LogP contribution in [0.1, 0.15) is 40.2 Å². The minimum Gasteiger partial charge on any atom is -0.366 e. The first-order valence-electron chi connectivity index (χ1n) is 9.35. The zero-order valence-electron chi connectivity index (χ0n) is 15.2. The number of carbonyl (C=O) groups is 2. The normalized spacial score (nSPS) is 16.1. The van der Waals surface area contributed by atoms with Crippen molar-refractivity contribution in [2.24, 2.45) is 5.73 Å². The van der Waals surface area contributed by atoms with Crippen molar-refractivity contribution in [3.63, 3.8) is 0 Å². The fourth-order valence-corrected chi connectivity index (χ4v) is 4.09. The van der Waals surface area contributed by atoms with Gasteiger partial charge in [-0.25, -0.2) is 0 Å². The van der Waals surface area contributed by atoms with Gasteiger partial charge < -0.3 is 15.6 Å². The molecule has 0 fully saturated rings. The Labute approximate surface area is 158 Å². The van der Waals surface area contributed by atoms with Gasteiger partial charge in [0.15, 0.2) is 0 Å². The molecular formula is C22H23N3O2. The van der Waals surface area contributed by atoms with Crippen LogP contribution in [0.3, 0.4) is 0 Å². The lowest BCUT2D eigenvalue weighted by Gasteiger charge is -2.25. The number of rotatable bonds is 5. The van der Waals surface area contributed by atoms with Crippen LogP contribution in [-0.2, 0) is 17.8 Å². The van der Waals surface area contributed by atoms with Crippen LogP contribution < -0.4 is 11.1 Å². The van der Waals surface area contributed by atoms with Crippen LogP contribution in [0.15, 0.2) is 54.7 Å². The minimum atomic E-state index is -0.482. The van der Waals surface area contributed by atoms with Crippen molar-refractivity contribution in [1.29, 1.82) is 0 Å². The van der Waals surface area contributed by atoms with Crippen molar-refractivity contribution in [2.75, 3.05) is 6.54 Å². The van der Waals surface area contributed by atoms with Crippen molar-refractivity contribution < 1.29 is 9.59 Å². The van der Waals surface area contributed by atoms with Gasteiger partial charge >= 0.3 is 0 Å². The van der Waals surface area contributed by atoms with Gasteiger partial charge in [-0.2, -0.15) is 0 Å². The summed E-state index contributed by atoms with van der Waals surface area (Å²) in [5.41, 5.74) is 9.50. The first-order valence-corrected chi connectivity index (χ1v) is 9.35. The van der Waals surface area contributed by atoms with Gasteiger partial charge in [-0.1, -0.05) is 42.5 Å². The Balaban J connectivity index is 1.47. The molecule has 0 saturated carbocycles. The van der Waals surface area contributed by atoms with E-state index in [1.54, 1.807) is 10.8 Å². The monoisotopic (exact) mass is 361 g/mol. The van der Waals surface area contributed by atoms with Crippen LogP contribution >= 0.6 is 0 Å². The molecule has 1 unspecified atom stereocenters. The highest BCUT2D eigenvalue weighted by molar-refractivity contribution is 6.06. The Hall–Kier alpha value is -3.08. The van der Waals surface area contributed by atoms with E-state index in [9.17, 15) is 9.59 Å². The number of aryl methyl sites for hydroxylation is 1. The number of hydrogen-bond donors (Lipinski definition) is 2. The number of carbonyl (C=O) groups excluding carboxylic acids is 2. The first kappa shape index (κ1) is 17.3. The molecule has 4 rings (SSSR count). The second-order valence-electron chi connectivity index (χ2n) is 7.14. The van der Waals surface area contributed by atoms with E-state index >= 15 is 0 Å². The van der Waals surface area contributed by atoms with Crippen molar-refractivity contribution in [3.05, 3.63) is 71.4 Å². The number of para-hydroxylation sites is 1. The number of nitrogens with zero attached hydrogens (tertiary/aromatic N) is 1. The van der Waals surface area contributed by atoms with E-state index in [1.807, 2.05) is 24.3 Å². The molecule has 1 atom stereocenters. The SMILES string of the molecule is NC(=O)c1cn(CC(=O)NCC2CCCc3ccccc32)c2ccccc12. The van der Waals surface area contributed by atoms with Gasteiger partial charge in [-0.05, 0) is 36.5 Å². The summed E-state index contributed by atoms with van der Waals surface area (Å²) in [6, 6.07) is 16.0. The van der Waals surface area contributed by atoms with Gasteiger partial charge in [-0.3, -0.25) is 9.59 Å². The van der Waals surface area contributed by atoms with Crippen molar-refractivity contribution >= 4 is 22.7 Å². The fraction of sp³-hybridized carbons (Fsp3) is 0.273. The van der Waals surface area contributed by atoms with Crippen LogP contribution in [0, 0.1) is 0 Å². The lowest BCUT2D eigenvalue weighted by molar-refractivity contribution is -0.121. The quantitative estimate of drug-likeness (QED) is 0.733. The van der Waals surface area contributed by atoms with Crippen molar-refractivity contribution in [3.8, 4) is 0 Å². The Kier molecular flexibility index (Phi) is 4.67. The number of nitrogens with one attached hydrogen (secondary N) is 1. The molecule has 1 aromatic heterocycles. The zero-order chi connectivity index (χ0) is 18.8. The molecule has 5 heteroatoms. The van der Waals surface area contributed by atoms with E-state index in [1.165, 1.54) is 11.1 Å². The van der Waals surface area contributed by atoms with E-state index in [0.29, 0.717) is 18.0 Å². The maximum absolute atomic E-state index is 12.5. The highest BCUT2D eigenvalue weighted by Crippen LogP contribution is 2.30. The molecule has 27 heavy (non-hydrogen) atoms. The second-order valence-corrected chi connectivity index (χ2v) is 7.14. The van der Waals surface area contributed by atoms with Gasteiger partial charge in [0.05, 0.1) is 5.56 Å². The Morgan fingerprint density at radius 3 is 2.74 bits per heavy atom. The maximum atomic E-state index is 12.5. The highest BCUT2D eigenvalue weighted by atomic mass is 16.2. The smallest absolute Gasteiger partial charge is 0.250 e. The molecular weight excluding hydrogens is 338 g/mol. The summed E-state index contributed by atoms with van der Waals surface area (Å²) >= 11 is 0. The second kappa shape index (κ2) is 7.27. The van der Waals surface area contributed by atoms with E-state index in [4.69, 9.17) is 5.73 Å². The summed E-state index contributed by atoms with van der Waals surface area (Å²) in [5, 5.41) is 3.85. The molecule has 3 aromatic rings. The molecule has 0 aliphatic heterocycles. The summed E-state index contributed by atoms with van der Waals surface area (Å²) in [5.74, 6) is -0.180. The molecule has 2 aromatic carbocycles. The molecule has 5 nitrogen and oxygen atoms in total. The molecule has 0 spiro atoms. The predicted octanol–water partition coefficient (Wildman–Crippen LogP) is 2.98. The summed E-state index contributed by atoms with van der Waals surface area (Å²) < 4.78 is 1.79. The van der Waals surface area contributed by atoms with Crippen LogP contribution in [0.5, 0.6) is 0 Å². The summed E-state index contributed by atoms with van der Waals surface area (Å²) in [7, 11) is 0. The highest BCUT2D eigenvalue weighted by Gasteiger charge is 2.20. The lowest BCUT2D eigenvalue weighted by atomic mass is 9.83. The third kappa shape index (κ3) is 3.45. The number of benzene rings is 2. The predicted molar refractivity (Wildman–Crippen MR) is 106 cm³/mol. The van der Waals surface area contributed by atoms with Crippen LogP contribution in [0.25, 0.3) is 10.9 Å². The molecule has 1 aliphatic carbocycles. The molecule has 0 radical (unpaired) electrons. The topological polar surface area (TPSA) is 77.1 Å². The fourth-order valence-electron chi connectivity index (χ4n) is 4.09. The Bertz CT molecular complexity index is 1010. The van der Waals surface area contributed by atoms with E-state index < -0.39 is 5.91 Å². The van der Waals surface area contributed by atoms with E-state index in [0.717, 1.165) is 30.2 Å². The summed E-state index contributed by atoms with van der Waals surface area (Å²) in [6.07, 6.45) is 5.03. The number of primary amides is 1. The average molecular weight is 361 g/mol. The number of amides is 2. The van der Waals surface area contributed by atoms with E-state index in [-0.39, 0.29) is 12.5 Å². The Morgan fingerprint density at radius 2 is 1.89 bits per heavy atom. The Morgan fingerprint density at radius 1 is 1.11 bits per heavy atom. The third-order valence-electron chi connectivity index (χ3n) is 5.41. The summed E-state index contributed by atoms with van der Waals surface area (Å²) in [6.45, 7) is 0.805. The van der Waals surface area contributed by atoms with Gasteiger partial charge in [0.25, 0.3) is 5.91 Å². The van der Waals surface area contributed by atoms with Gasteiger partial charge in [-0.15, -0.1) is 0 Å². The largest absolute Gasteiger partial charge is 0.366 e. The first-order chi connectivity index (χ1) is 13.1. The molecule has 3 N–H and O–H groups in total. The maximum Gasteiger partial charge on any atom is 0.250 e. The molecule has 0 bridgehead atoms. The van der Waals surface area contributed by atoms with E-state index in [2.05, 4.69) is 29.6 Å². The average Bonchev–Trinajstić information content (AvgIpc) is 3.05. The standard InChI is InChI=1S/C22H23N3O2/c23-22(27)19-13-25(20-11-4-3-10-18(19)20)14-21(26)24-12-16-8-5-7-15-6-1-2-9-17(15)16/h1-4,6,9-11,13,16H,5,7-8,12,14H2,(H2,23,27)(H,24,26). The number of aromatic nitrogens is 1. The van der Waals surface area contributed by atoms with Crippen molar-refractivity contribution in [1.82, 2.24) is 9.88 Å². The van der Waals surface area contributed by atoms with Crippen molar-refractivity contribution in [2.45, 2.75) is 31.7 Å². The van der Waals surface area contributed by atoms with Gasteiger partial charge in [0, 0.05) is 29.6 Å². The molecule has 0 saturated heterocycles. The number of fused-ring (bicyclic) bond motifs is 2. The zero-order valence-corrected chi connectivity index (χ0v) is 15.2. The molecule has 138 valence electrons.